The average Bonchev–Trinajstić information content (AvgIpc) is 2.67. The smallest absolute Gasteiger partial charge is 0.200 e. The number of aliphatic hydroxyl groups is 3. The van der Waals surface area contributed by atoms with Crippen LogP contribution >= 0.6 is 0 Å². The van der Waals surface area contributed by atoms with Gasteiger partial charge in [0.2, 0.25) is 0 Å². The minimum absolute atomic E-state index is 0.0536. The molecule has 6 atom stereocenters. The van der Waals surface area contributed by atoms with Gasteiger partial charge >= 0.3 is 0 Å². The summed E-state index contributed by atoms with van der Waals surface area (Å²) >= 11 is 0. The van der Waals surface area contributed by atoms with E-state index in [9.17, 15) is 34.9 Å². The molecule has 1 aromatic rings. The third-order valence-electron chi connectivity index (χ3n) is 6.62. The second-order valence-corrected chi connectivity index (χ2v) is 7.89. The number of hydrogen-bond acceptors (Lipinski definition) is 9. The van der Waals surface area contributed by atoms with Crippen molar-refractivity contribution in [2.24, 2.45) is 22.7 Å². The second-order valence-electron chi connectivity index (χ2n) is 7.89. The second kappa shape index (κ2) is 6.06. The van der Waals surface area contributed by atoms with Crippen LogP contribution in [-0.4, -0.2) is 49.7 Å². The largest absolute Gasteiger partial charge is 0.508 e. The lowest BCUT2D eigenvalue weighted by atomic mass is 9.55. The van der Waals surface area contributed by atoms with Crippen LogP contribution in [-0.2, 0) is 4.79 Å². The zero-order valence-corrected chi connectivity index (χ0v) is 15.7. The Bertz CT molecular complexity index is 1040. The van der Waals surface area contributed by atoms with E-state index in [2.05, 4.69) is 5.18 Å². The molecule has 0 saturated carbocycles. The van der Waals surface area contributed by atoms with E-state index in [1.165, 1.54) is 13.0 Å². The van der Waals surface area contributed by atoms with Crippen molar-refractivity contribution < 1.29 is 30.0 Å². The molecule has 0 heterocycles. The number of ketones is 2. The molecule has 0 spiro atoms. The maximum atomic E-state index is 13.2. The summed E-state index contributed by atoms with van der Waals surface area (Å²) in [6.07, 6.45) is -1.54. The molecule has 0 radical (unpaired) electrons. The molecule has 0 saturated heterocycles. The van der Waals surface area contributed by atoms with Crippen LogP contribution < -0.4 is 5.73 Å². The van der Waals surface area contributed by atoms with Gasteiger partial charge in [-0.1, -0.05) is 19.1 Å². The highest BCUT2D eigenvalue weighted by Crippen LogP contribution is 2.54. The van der Waals surface area contributed by atoms with Gasteiger partial charge in [0, 0.05) is 17.1 Å². The quantitative estimate of drug-likeness (QED) is 0.431. The van der Waals surface area contributed by atoms with Crippen molar-refractivity contribution in [3.8, 4) is 5.75 Å². The van der Waals surface area contributed by atoms with Crippen LogP contribution in [0.1, 0.15) is 35.7 Å². The van der Waals surface area contributed by atoms with Gasteiger partial charge in [0.05, 0.1) is 23.6 Å². The number of nitrogens with zero attached hydrogens (tertiary/aromatic N) is 1. The van der Waals surface area contributed by atoms with Gasteiger partial charge in [0.25, 0.3) is 0 Å². The summed E-state index contributed by atoms with van der Waals surface area (Å²) in [5, 5.41) is 46.3. The summed E-state index contributed by atoms with van der Waals surface area (Å²) in [6, 6.07) is 3.15. The van der Waals surface area contributed by atoms with Gasteiger partial charge in [-0.15, -0.1) is 4.91 Å². The number of Topliss-reactive ketones (excluding diaryl/α,β-unsaturated/α-hetero) is 2. The number of phenolic OH excluding ortho intramolecular Hbond substituents is 1. The lowest BCUT2D eigenvalue weighted by Gasteiger charge is -2.51. The summed E-state index contributed by atoms with van der Waals surface area (Å²) in [6.45, 7) is 2.92. The number of nitroso groups, excluding NO2 is 1. The molecule has 6 N–H and O–H groups in total. The van der Waals surface area contributed by atoms with Crippen molar-refractivity contribution in [1.29, 1.82) is 0 Å². The number of rotatable bonds is 1. The summed E-state index contributed by atoms with van der Waals surface area (Å²) in [5.74, 6) is -6.10. The molecular weight excluding hydrogens is 380 g/mol. The van der Waals surface area contributed by atoms with Gasteiger partial charge in [0.15, 0.2) is 17.2 Å². The first-order valence-electron chi connectivity index (χ1n) is 9.14. The highest BCUT2D eigenvalue weighted by Gasteiger charge is 2.65. The van der Waals surface area contributed by atoms with Crippen molar-refractivity contribution >= 4 is 11.6 Å². The molecule has 0 amide bonds. The van der Waals surface area contributed by atoms with Crippen LogP contribution in [0.2, 0.25) is 0 Å². The van der Waals surface area contributed by atoms with Gasteiger partial charge in [-0.2, -0.15) is 0 Å². The minimum atomic E-state index is -2.68. The minimum Gasteiger partial charge on any atom is -0.508 e. The summed E-state index contributed by atoms with van der Waals surface area (Å²) in [4.78, 5) is 37.3. The fourth-order valence-electron chi connectivity index (χ4n) is 5.16. The number of aliphatic hydroxyl groups excluding tert-OH is 2. The van der Waals surface area contributed by atoms with E-state index in [1.807, 2.05) is 0 Å². The first kappa shape index (κ1) is 19.4. The lowest BCUT2D eigenvalue weighted by Crippen LogP contribution is -2.67. The summed E-state index contributed by atoms with van der Waals surface area (Å²) < 4.78 is 0. The molecule has 0 bridgehead atoms. The Morgan fingerprint density at radius 1 is 1.21 bits per heavy atom. The standard InChI is InChI=1S/C20H20N2O7/c1-6-8-4-3-5-9(23)11(8)16(24)12-10(6)17(25)13-14(21)15(22-29)7(2)18(26)20(13,28)19(12)27/h3-6,10,13-14,17,23,25,27-28H,21H2,1-2H3. The number of nitrogens with two attached hydrogens (primary N) is 1. The third-order valence-corrected chi connectivity index (χ3v) is 6.62. The van der Waals surface area contributed by atoms with Crippen molar-refractivity contribution in [1.82, 2.24) is 0 Å². The Labute approximate surface area is 165 Å². The molecule has 3 aliphatic rings. The number of aromatic hydroxyl groups is 1. The molecule has 152 valence electrons. The predicted octanol–water partition coefficient (Wildman–Crippen LogP) is 0.792. The monoisotopic (exact) mass is 400 g/mol. The Kier molecular flexibility index (Phi) is 4.06. The molecule has 9 heteroatoms. The Hall–Kier alpha value is -2.88. The van der Waals surface area contributed by atoms with E-state index >= 15 is 0 Å². The van der Waals surface area contributed by atoms with Crippen molar-refractivity contribution in [2.75, 3.05) is 0 Å². The fourth-order valence-corrected chi connectivity index (χ4v) is 5.16. The molecule has 3 aliphatic carbocycles. The van der Waals surface area contributed by atoms with Crippen LogP contribution in [0.15, 0.2) is 46.0 Å². The maximum absolute atomic E-state index is 13.2. The van der Waals surface area contributed by atoms with E-state index in [1.54, 1.807) is 19.1 Å². The third kappa shape index (κ3) is 2.14. The van der Waals surface area contributed by atoms with E-state index in [0.717, 1.165) is 0 Å². The highest BCUT2D eigenvalue weighted by molar-refractivity contribution is 6.15. The predicted molar refractivity (Wildman–Crippen MR) is 99.9 cm³/mol. The molecule has 0 aromatic heterocycles. The zero-order chi connectivity index (χ0) is 21.4. The van der Waals surface area contributed by atoms with Gasteiger partial charge in [-0.25, -0.2) is 0 Å². The Morgan fingerprint density at radius 3 is 2.48 bits per heavy atom. The maximum Gasteiger partial charge on any atom is 0.200 e. The van der Waals surface area contributed by atoms with Crippen molar-refractivity contribution in [2.45, 2.75) is 37.5 Å². The first-order chi connectivity index (χ1) is 13.6. The SMILES string of the molecule is CC1=C(N=O)C(N)C2C(O)C3C(=C(O)C2(O)C1=O)C(=O)c1c(O)cccc1C3C. The molecule has 0 fully saturated rings. The van der Waals surface area contributed by atoms with Gasteiger partial charge in [0.1, 0.15) is 17.2 Å². The molecule has 1 aromatic carbocycles. The molecule has 0 aliphatic heterocycles. The highest BCUT2D eigenvalue weighted by atomic mass is 16.4. The molecule has 9 nitrogen and oxygen atoms in total. The molecular formula is C20H20N2O7. The number of fused-ring (bicyclic) bond motifs is 3. The van der Waals surface area contributed by atoms with Crippen LogP contribution in [0.5, 0.6) is 5.75 Å². The van der Waals surface area contributed by atoms with Crippen LogP contribution in [0.3, 0.4) is 0 Å². The molecule has 6 unspecified atom stereocenters. The van der Waals surface area contributed by atoms with E-state index in [4.69, 9.17) is 5.73 Å². The van der Waals surface area contributed by atoms with Crippen LogP contribution in [0, 0.1) is 16.7 Å². The summed E-state index contributed by atoms with van der Waals surface area (Å²) in [7, 11) is 0. The lowest BCUT2D eigenvalue weighted by molar-refractivity contribution is -0.154. The van der Waals surface area contributed by atoms with E-state index in [0.29, 0.717) is 5.56 Å². The number of carbonyl (C=O) groups is 2. The summed E-state index contributed by atoms with van der Waals surface area (Å²) in [5.41, 5.74) is 2.90. The van der Waals surface area contributed by atoms with Gasteiger partial charge < -0.3 is 26.2 Å². The molecule has 29 heavy (non-hydrogen) atoms. The normalized spacial score (nSPS) is 36.5. The first-order valence-corrected chi connectivity index (χ1v) is 9.14. The van der Waals surface area contributed by atoms with E-state index < -0.39 is 52.8 Å². The fraction of sp³-hybridized carbons (Fsp3) is 0.400. The van der Waals surface area contributed by atoms with Crippen molar-refractivity contribution in [3.63, 3.8) is 0 Å². The number of phenols is 1. The average molecular weight is 400 g/mol. The molecule has 4 rings (SSSR count). The van der Waals surface area contributed by atoms with Gasteiger partial charge in [-0.05, 0) is 29.6 Å². The van der Waals surface area contributed by atoms with Crippen molar-refractivity contribution in [3.05, 3.63) is 56.8 Å². The van der Waals surface area contributed by atoms with Gasteiger partial charge in [-0.3, -0.25) is 9.59 Å². The zero-order valence-electron chi connectivity index (χ0n) is 15.7. The topological polar surface area (TPSA) is 171 Å². The number of carbonyl (C=O) groups excluding carboxylic acids is 2. The number of hydrogen-bond donors (Lipinski definition) is 5. The number of benzene rings is 1. The Balaban J connectivity index is 2.04. The van der Waals surface area contributed by atoms with Crippen LogP contribution in [0.4, 0.5) is 0 Å². The van der Waals surface area contributed by atoms with E-state index in [-0.39, 0.29) is 28.2 Å². The Morgan fingerprint density at radius 2 is 1.86 bits per heavy atom. The van der Waals surface area contributed by atoms with Crippen LogP contribution in [0.25, 0.3) is 0 Å².